The second-order valence-corrected chi connectivity index (χ2v) is 6.19. The van der Waals surface area contributed by atoms with Crippen LogP contribution in [0.5, 0.6) is 5.75 Å². The quantitative estimate of drug-likeness (QED) is 0.393. The predicted molar refractivity (Wildman–Crippen MR) is 95.8 cm³/mol. The SMILES string of the molecule is COc1ccc(/C(=N\Nc2ccccc2)[C@H](C)C(O)(C(F)(F)F)C(F)(F)F)cc1. The van der Waals surface area contributed by atoms with E-state index in [4.69, 9.17) is 4.74 Å². The lowest BCUT2D eigenvalue weighted by atomic mass is 9.81. The highest BCUT2D eigenvalue weighted by molar-refractivity contribution is 6.03. The highest BCUT2D eigenvalue weighted by atomic mass is 19.4. The monoisotopic (exact) mass is 420 g/mol. The summed E-state index contributed by atoms with van der Waals surface area (Å²) in [6, 6.07) is 13.2. The van der Waals surface area contributed by atoms with Crippen molar-refractivity contribution in [3.05, 3.63) is 60.2 Å². The van der Waals surface area contributed by atoms with E-state index in [1.54, 1.807) is 18.2 Å². The van der Waals surface area contributed by atoms with E-state index in [-0.39, 0.29) is 5.56 Å². The summed E-state index contributed by atoms with van der Waals surface area (Å²) < 4.78 is 85.0. The van der Waals surface area contributed by atoms with Crippen LogP contribution >= 0.6 is 0 Å². The number of hydrazone groups is 1. The Labute approximate surface area is 162 Å². The average molecular weight is 420 g/mol. The van der Waals surface area contributed by atoms with E-state index in [2.05, 4.69) is 10.5 Å². The third kappa shape index (κ3) is 4.64. The number of methoxy groups -OCH3 is 1. The molecule has 2 aromatic carbocycles. The lowest BCUT2D eigenvalue weighted by molar-refractivity contribution is -0.376. The van der Waals surface area contributed by atoms with Crippen LogP contribution in [0.2, 0.25) is 0 Å². The molecule has 29 heavy (non-hydrogen) atoms. The molecule has 10 heteroatoms. The van der Waals surface area contributed by atoms with Crippen LogP contribution in [-0.2, 0) is 0 Å². The second kappa shape index (κ2) is 8.32. The first-order valence-electron chi connectivity index (χ1n) is 8.30. The van der Waals surface area contributed by atoms with Crippen LogP contribution in [0.15, 0.2) is 59.7 Å². The van der Waals surface area contributed by atoms with Gasteiger partial charge in [-0.05, 0) is 42.0 Å². The van der Waals surface area contributed by atoms with E-state index in [0.717, 1.165) is 0 Å². The van der Waals surface area contributed by atoms with Gasteiger partial charge >= 0.3 is 12.4 Å². The maximum atomic E-state index is 13.3. The number of halogens is 6. The molecule has 0 fully saturated rings. The zero-order chi connectivity index (χ0) is 21.9. The van der Waals surface area contributed by atoms with E-state index >= 15 is 0 Å². The minimum Gasteiger partial charge on any atom is -0.497 e. The van der Waals surface area contributed by atoms with E-state index < -0.39 is 29.6 Å². The predicted octanol–water partition coefficient (Wildman–Crippen LogP) is 5.00. The van der Waals surface area contributed by atoms with Gasteiger partial charge in [-0.2, -0.15) is 31.4 Å². The van der Waals surface area contributed by atoms with Crippen molar-refractivity contribution in [2.24, 2.45) is 11.0 Å². The Balaban J connectivity index is 2.58. The normalized spacial score (nSPS) is 14.4. The molecule has 0 aliphatic heterocycles. The van der Waals surface area contributed by atoms with Gasteiger partial charge in [0.15, 0.2) is 0 Å². The van der Waals surface area contributed by atoms with Gasteiger partial charge in [0.1, 0.15) is 5.75 Å². The smallest absolute Gasteiger partial charge is 0.426 e. The van der Waals surface area contributed by atoms with Gasteiger partial charge in [-0.25, -0.2) is 0 Å². The summed E-state index contributed by atoms with van der Waals surface area (Å²) >= 11 is 0. The van der Waals surface area contributed by atoms with Crippen LogP contribution < -0.4 is 10.2 Å². The Morgan fingerprint density at radius 3 is 1.90 bits per heavy atom. The molecule has 0 radical (unpaired) electrons. The fourth-order valence-electron chi connectivity index (χ4n) is 2.66. The summed E-state index contributed by atoms with van der Waals surface area (Å²) in [6.07, 6.45) is -12.0. The number of alkyl halides is 6. The molecule has 0 amide bonds. The molecule has 0 saturated carbocycles. The first kappa shape index (κ1) is 22.5. The maximum Gasteiger partial charge on any atom is 0.426 e. The van der Waals surface area contributed by atoms with Crippen LogP contribution in [0.25, 0.3) is 0 Å². The number of hydrogen-bond donors (Lipinski definition) is 2. The highest BCUT2D eigenvalue weighted by Gasteiger charge is 2.73. The van der Waals surface area contributed by atoms with Gasteiger partial charge in [0.25, 0.3) is 5.60 Å². The van der Waals surface area contributed by atoms with Crippen molar-refractivity contribution < 1.29 is 36.2 Å². The van der Waals surface area contributed by atoms with Crippen molar-refractivity contribution in [2.75, 3.05) is 12.5 Å². The topological polar surface area (TPSA) is 53.8 Å². The van der Waals surface area contributed by atoms with Crippen molar-refractivity contribution in [3.8, 4) is 5.75 Å². The first-order chi connectivity index (χ1) is 13.4. The van der Waals surface area contributed by atoms with E-state index in [9.17, 15) is 31.4 Å². The maximum absolute atomic E-state index is 13.3. The molecule has 0 aliphatic carbocycles. The first-order valence-corrected chi connectivity index (χ1v) is 8.30. The number of hydrogen-bond acceptors (Lipinski definition) is 4. The van der Waals surface area contributed by atoms with Gasteiger partial charge in [-0.1, -0.05) is 25.1 Å². The molecule has 0 saturated heterocycles. The highest BCUT2D eigenvalue weighted by Crippen LogP contribution is 2.48. The molecule has 2 rings (SSSR count). The van der Waals surface area contributed by atoms with Gasteiger partial charge in [-0.15, -0.1) is 0 Å². The summed E-state index contributed by atoms with van der Waals surface area (Å²) in [6.45, 7) is 0.622. The molecule has 0 heterocycles. The molecular formula is C19H18F6N2O2. The number of nitrogens with one attached hydrogen (secondary N) is 1. The number of nitrogens with zero attached hydrogens (tertiary/aromatic N) is 1. The lowest BCUT2D eigenvalue weighted by Crippen LogP contribution is -2.62. The number of ether oxygens (including phenoxy) is 1. The Kier molecular flexibility index (Phi) is 6.46. The molecule has 0 aromatic heterocycles. The zero-order valence-electron chi connectivity index (χ0n) is 15.3. The molecule has 4 nitrogen and oxygen atoms in total. The molecule has 0 spiro atoms. The zero-order valence-corrected chi connectivity index (χ0v) is 15.3. The van der Waals surface area contributed by atoms with Crippen molar-refractivity contribution in [3.63, 3.8) is 0 Å². The van der Waals surface area contributed by atoms with Gasteiger partial charge in [0.05, 0.1) is 18.5 Å². The third-order valence-corrected chi connectivity index (χ3v) is 4.37. The Hall–Kier alpha value is -2.75. The summed E-state index contributed by atoms with van der Waals surface area (Å²) in [5.74, 6) is -2.13. The largest absolute Gasteiger partial charge is 0.497 e. The molecule has 1 atom stereocenters. The molecule has 0 unspecified atom stereocenters. The van der Waals surface area contributed by atoms with Crippen molar-refractivity contribution >= 4 is 11.4 Å². The second-order valence-electron chi connectivity index (χ2n) is 6.19. The Bertz CT molecular complexity index is 819. The molecule has 0 aliphatic rings. The van der Waals surface area contributed by atoms with Crippen molar-refractivity contribution in [2.45, 2.75) is 24.9 Å². The summed E-state index contributed by atoms with van der Waals surface area (Å²) in [5, 5.41) is 13.6. The molecular weight excluding hydrogens is 402 g/mol. The summed E-state index contributed by atoms with van der Waals surface area (Å²) in [5.41, 5.74) is -2.90. The summed E-state index contributed by atoms with van der Waals surface area (Å²) in [7, 11) is 1.36. The fourth-order valence-corrected chi connectivity index (χ4v) is 2.66. The van der Waals surface area contributed by atoms with Crippen LogP contribution in [0.3, 0.4) is 0 Å². The number of para-hydroxylation sites is 1. The van der Waals surface area contributed by atoms with Gasteiger partial charge in [-0.3, -0.25) is 5.43 Å². The van der Waals surface area contributed by atoms with Crippen molar-refractivity contribution in [1.82, 2.24) is 0 Å². The number of anilines is 1. The minimum absolute atomic E-state index is 0.0475. The lowest BCUT2D eigenvalue weighted by Gasteiger charge is -2.37. The standard InChI is InChI=1S/C19H18F6N2O2/c1-12(17(28,18(20,21)22)19(23,24)25)16(13-8-10-15(29-2)11-9-13)27-26-14-6-4-3-5-7-14/h3-12,26,28H,1-2H3/b27-16-/t12-/m0/s1. The third-order valence-electron chi connectivity index (χ3n) is 4.37. The van der Waals surface area contributed by atoms with Crippen LogP contribution in [0, 0.1) is 5.92 Å². The number of rotatable bonds is 6. The van der Waals surface area contributed by atoms with E-state index in [1.807, 2.05) is 0 Å². The van der Waals surface area contributed by atoms with E-state index in [0.29, 0.717) is 18.4 Å². The van der Waals surface area contributed by atoms with Gasteiger partial charge in [0.2, 0.25) is 0 Å². The van der Waals surface area contributed by atoms with Gasteiger partial charge < -0.3 is 9.84 Å². The molecule has 2 N–H and O–H groups in total. The number of benzene rings is 2. The minimum atomic E-state index is -5.98. The van der Waals surface area contributed by atoms with E-state index in [1.165, 1.54) is 43.5 Å². The van der Waals surface area contributed by atoms with Crippen LogP contribution in [-0.4, -0.2) is 35.9 Å². The van der Waals surface area contributed by atoms with Crippen LogP contribution in [0.4, 0.5) is 32.0 Å². The molecule has 158 valence electrons. The fraction of sp³-hybridized carbons (Fsp3) is 0.316. The Morgan fingerprint density at radius 1 is 0.931 bits per heavy atom. The molecule has 0 bridgehead atoms. The van der Waals surface area contributed by atoms with Crippen molar-refractivity contribution in [1.29, 1.82) is 0 Å². The van der Waals surface area contributed by atoms with Crippen LogP contribution in [0.1, 0.15) is 12.5 Å². The number of aliphatic hydroxyl groups is 1. The van der Waals surface area contributed by atoms with Gasteiger partial charge in [0, 0.05) is 5.92 Å². The molecule has 2 aromatic rings. The Morgan fingerprint density at radius 2 is 1.45 bits per heavy atom. The summed E-state index contributed by atoms with van der Waals surface area (Å²) in [4.78, 5) is 0. The average Bonchev–Trinajstić information content (AvgIpc) is 2.66.